The molecule has 12 nitrogen and oxygen atoms in total. The average molecular weight is 844 g/mol. The fourth-order valence-corrected chi connectivity index (χ4v) is 15.3. The molecular formula is C39H48BrN4O8PS. The number of thioether (sulfide) groups is 1. The first-order chi connectivity index (χ1) is 25.9. The van der Waals surface area contributed by atoms with Gasteiger partial charge in [-0.3, -0.25) is 9.59 Å². The molecule has 0 spiro atoms. The Hall–Kier alpha value is -4.10. The van der Waals surface area contributed by atoms with Crippen LogP contribution >= 0.6 is 32.6 Å². The van der Waals surface area contributed by atoms with Crippen LogP contribution in [0.2, 0.25) is 0 Å². The summed E-state index contributed by atoms with van der Waals surface area (Å²) in [6, 6.07) is 28.6. The van der Waals surface area contributed by atoms with Crippen LogP contribution in [0.1, 0.15) is 39.5 Å². The summed E-state index contributed by atoms with van der Waals surface area (Å²) in [6.07, 6.45) is 0.898. The van der Waals surface area contributed by atoms with Gasteiger partial charge in [0.05, 0.1) is 13.2 Å². The Bertz CT molecular complexity index is 1670. The van der Waals surface area contributed by atoms with Gasteiger partial charge in [-0.05, 0) is 20.3 Å². The Kier molecular flexibility index (Phi) is 15.8. The minimum Gasteiger partial charge on any atom is -0.465 e. The third-order valence-electron chi connectivity index (χ3n) is 9.15. The first-order valence-electron chi connectivity index (χ1n) is 17.9. The number of halogens is 1. The summed E-state index contributed by atoms with van der Waals surface area (Å²) in [6.45, 7) is 3.34. The van der Waals surface area contributed by atoms with Gasteiger partial charge >= 0.3 is 265 Å². The molecule has 3 aromatic rings. The number of esters is 2. The third kappa shape index (κ3) is 10.3. The zero-order valence-electron chi connectivity index (χ0n) is 30.5. The summed E-state index contributed by atoms with van der Waals surface area (Å²) < 4.78 is 9.77. The first-order valence-corrected chi connectivity index (χ1v) is 23.4. The van der Waals surface area contributed by atoms with Gasteiger partial charge in [0.15, 0.2) is 0 Å². The molecule has 1 aliphatic heterocycles. The van der Waals surface area contributed by atoms with Gasteiger partial charge in [0.1, 0.15) is 6.04 Å². The number of hydrogen-bond acceptors (Lipinski definition) is 10. The maximum atomic E-state index is 13.7. The van der Waals surface area contributed by atoms with Gasteiger partial charge in [0, 0.05) is 0 Å². The summed E-state index contributed by atoms with van der Waals surface area (Å²) in [4.78, 5) is 78.1. The van der Waals surface area contributed by atoms with Gasteiger partial charge in [0.2, 0.25) is 0 Å². The molecule has 4 N–H and O–H groups in total. The van der Waals surface area contributed by atoms with Gasteiger partial charge in [0.25, 0.3) is 0 Å². The molecule has 1 saturated heterocycles. The Morgan fingerprint density at radius 2 is 1.43 bits per heavy atom. The smallest absolute Gasteiger partial charge is 0.465 e. The van der Waals surface area contributed by atoms with Crippen molar-refractivity contribution in [1.29, 1.82) is 0 Å². The van der Waals surface area contributed by atoms with Crippen molar-refractivity contribution in [1.82, 2.24) is 15.5 Å². The fourth-order valence-electron chi connectivity index (χ4n) is 6.40. The van der Waals surface area contributed by atoms with Gasteiger partial charge in [-0.15, -0.1) is 0 Å². The second-order valence-electron chi connectivity index (χ2n) is 12.7. The molecule has 3 atom stereocenters. The van der Waals surface area contributed by atoms with Crippen molar-refractivity contribution < 1.29 is 38.2 Å². The van der Waals surface area contributed by atoms with E-state index in [4.69, 9.17) is 15.2 Å². The fraction of sp³-hybridized carbons (Fsp3) is 0.385. The molecule has 1 aliphatic rings. The molecule has 0 saturated carbocycles. The average Bonchev–Trinajstić information content (AvgIpc) is 3.46. The number of amides is 4. The predicted octanol–water partition coefficient (Wildman–Crippen LogP) is 2.91. The van der Waals surface area contributed by atoms with Gasteiger partial charge in [-0.25, -0.2) is 0 Å². The molecule has 0 aromatic heterocycles. The number of nitrogens with two attached hydrogens (primary N) is 1. The number of hydrogen-bond donors (Lipinski definition) is 3. The number of carbonyl (C=O) groups excluding carboxylic acids is 6. The minimum atomic E-state index is -3.28. The summed E-state index contributed by atoms with van der Waals surface area (Å²) in [5, 5.41) is 4.42. The number of nitrogens with zero attached hydrogens (tertiary/aromatic N) is 1. The molecular weight excluding hydrogens is 795 g/mol. The van der Waals surface area contributed by atoms with Gasteiger partial charge < -0.3 is 15.2 Å². The molecule has 0 radical (unpaired) electrons. The van der Waals surface area contributed by atoms with Crippen LogP contribution < -0.4 is 32.3 Å². The van der Waals surface area contributed by atoms with E-state index in [1.165, 1.54) is 4.90 Å². The van der Waals surface area contributed by atoms with E-state index in [-0.39, 0.29) is 56.6 Å². The molecule has 0 bridgehead atoms. The molecule has 15 heteroatoms. The van der Waals surface area contributed by atoms with Crippen LogP contribution in [0.5, 0.6) is 0 Å². The van der Waals surface area contributed by atoms with Gasteiger partial charge in [-0.1, -0.05) is 0 Å². The second-order valence-corrected chi connectivity index (χ2v) is 23.0. The van der Waals surface area contributed by atoms with E-state index in [0.717, 1.165) is 27.7 Å². The van der Waals surface area contributed by atoms with E-state index in [1.807, 2.05) is 54.6 Å². The van der Waals surface area contributed by atoms with Crippen LogP contribution in [0.4, 0.5) is 0 Å². The Balaban J connectivity index is 1.47. The second kappa shape index (κ2) is 20.0. The molecule has 3 aromatic carbocycles. The zero-order valence-corrected chi connectivity index (χ0v) is 33.8. The molecule has 1 heterocycles. The van der Waals surface area contributed by atoms with Crippen LogP contribution in [0, 0.1) is 0 Å². The van der Waals surface area contributed by atoms with Crippen molar-refractivity contribution in [2.75, 3.05) is 38.2 Å². The van der Waals surface area contributed by atoms with E-state index in [0.29, 0.717) is 12.6 Å². The van der Waals surface area contributed by atoms with Crippen LogP contribution in [0.15, 0.2) is 91.0 Å². The number of nitrogens with one attached hydrogen (secondary N) is 2. The quantitative estimate of drug-likeness (QED) is 0.0873. The molecule has 0 aliphatic carbocycles. The number of likely N-dealkylation sites (tertiary alicyclic amines) is 1. The van der Waals surface area contributed by atoms with E-state index in [2.05, 4.69) is 62.5 Å². The molecule has 290 valence electrons. The standard InChI is InChI=1S/C39H48BrN4O8PS/c1-3-51-36(47)26-42-37(48)32(43-34(45)22-21-31(41)39(50)52-4-2)27-54-33-25-35(46)44(38(33)49)23-14-24-53(40,28-15-8-5-9-16-28,29-17-10-6-11-18-29)30-19-12-7-13-20-30/h5-13,15-20,31-33H,3-4,14,21-27,41H2,1-2H3,(H,42,48)(H,43,45). The third-order valence-corrected chi connectivity index (χ3v) is 20.5. The van der Waals surface area contributed by atoms with E-state index < -0.39 is 52.9 Å². The minimum absolute atomic E-state index is 0.0167. The van der Waals surface area contributed by atoms with Crippen molar-refractivity contribution in [3.63, 3.8) is 0 Å². The Labute approximate surface area is 328 Å². The van der Waals surface area contributed by atoms with Crippen molar-refractivity contribution >= 4 is 84.0 Å². The molecule has 54 heavy (non-hydrogen) atoms. The summed E-state index contributed by atoms with van der Waals surface area (Å²) in [5.41, 5.74) is 5.82. The number of benzene rings is 3. The van der Waals surface area contributed by atoms with Gasteiger partial charge in [-0.2, -0.15) is 0 Å². The van der Waals surface area contributed by atoms with Crippen molar-refractivity contribution in [2.45, 2.75) is 56.9 Å². The topological polar surface area (TPSA) is 174 Å². The number of ether oxygens (including phenoxy) is 2. The summed E-state index contributed by atoms with van der Waals surface area (Å²) in [7, 11) is 0. The zero-order chi connectivity index (χ0) is 39.2. The number of carbonyl (C=O) groups is 6. The number of rotatable bonds is 20. The first kappa shape index (κ1) is 42.6. The van der Waals surface area contributed by atoms with E-state index >= 15 is 0 Å². The maximum absolute atomic E-state index is 13.7. The molecule has 4 rings (SSSR count). The Morgan fingerprint density at radius 3 is 1.94 bits per heavy atom. The summed E-state index contributed by atoms with van der Waals surface area (Å²) in [5.74, 6) is -3.26. The molecule has 1 fully saturated rings. The van der Waals surface area contributed by atoms with E-state index in [9.17, 15) is 28.8 Å². The van der Waals surface area contributed by atoms with Crippen LogP contribution in [-0.2, 0) is 38.2 Å². The van der Waals surface area contributed by atoms with Crippen LogP contribution in [0.25, 0.3) is 0 Å². The summed E-state index contributed by atoms with van der Waals surface area (Å²) >= 11 is 5.50. The van der Waals surface area contributed by atoms with Crippen molar-refractivity contribution in [3.8, 4) is 0 Å². The van der Waals surface area contributed by atoms with Crippen molar-refractivity contribution in [2.24, 2.45) is 5.73 Å². The molecule has 4 amide bonds. The van der Waals surface area contributed by atoms with Crippen LogP contribution in [-0.4, -0.2) is 96.0 Å². The Morgan fingerprint density at radius 1 is 0.889 bits per heavy atom. The molecule has 3 unspecified atom stereocenters. The predicted molar refractivity (Wildman–Crippen MR) is 217 cm³/mol. The van der Waals surface area contributed by atoms with Crippen LogP contribution in [0.3, 0.4) is 0 Å². The van der Waals surface area contributed by atoms with Crippen molar-refractivity contribution in [3.05, 3.63) is 91.0 Å². The monoisotopic (exact) mass is 842 g/mol. The SMILES string of the molecule is CCOC(=O)CNC(=O)C(CSC1CC(=O)N(CCCP(Br)(c2ccccc2)(c2ccccc2)c2ccccc2)C1=O)NC(=O)CCC(N)C(=O)OCC. The number of imide groups is 1. The van der Waals surface area contributed by atoms with E-state index in [1.54, 1.807) is 13.8 Å². The normalized spacial score (nSPS) is 16.1.